The molecule has 0 bridgehead atoms. The van der Waals surface area contributed by atoms with Gasteiger partial charge in [-0.3, -0.25) is 0 Å². The molecular weight excluding hydrogens is 721 g/mol. The molecule has 0 amide bonds. The van der Waals surface area contributed by atoms with Gasteiger partial charge in [0, 0.05) is 29.8 Å². The van der Waals surface area contributed by atoms with Crippen molar-refractivity contribution >= 4 is 28.0 Å². The first kappa shape index (κ1) is 41.0. The minimum Gasteiger partial charge on any atom is -0.332 e. The van der Waals surface area contributed by atoms with Crippen LogP contribution < -0.4 is 26.8 Å². The predicted molar refractivity (Wildman–Crippen MR) is 181 cm³/mol. The van der Waals surface area contributed by atoms with Gasteiger partial charge in [0.05, 0.1) is 36.4 Å². The summed E-state index contributed by atoms with van der Waals surface area (Å²) in [4.78, 5) is 1.64. The fourth-order valence-corrected chi connectivity index (χ4v) is 7.29. The highest BCUT2D eigenvalue weighted by molar-refractivity contribution is 7.20. The van der Waals surface area contributed by atoms with Gasteiger partial charge in [0.15, 0.2) is 46.5 Å². The van der Waals surface area contributed by atoms with Crippen LogP contribution in [0.1, 0.15) is 41.7 Å². The van der Waals surface area contributed by atoms with Gasteiger partial charge in [-0.15, -0.1) is 0 Å². The topological polar surface area (TPSA) is 4.44 Å². The highest BCUT2D eigenvalue weighted by Gasteiger charge is 2.46. The van der Waals surface area contributed by atoms with E-state index in [-0.39, 0.29) is 24.3 Å². The van der Waals surface area contributed by atoms with E-state index < -0.39 is 120 Å². The summed E-state index contributed by atoms with van der Waals surface area (Å²) in [6, 6.07) is 10.2. The number of hydrogen-bond donors (Lipinski definition) is 1. The molecule has 282 valence electrons. The second-order valence-electron chi connectivity index (χ2n) is 12.8. The van der Waals surface area contributed by atoms with Gasteiger partial charge in [-0.05, 0) is 63.8 Å². The number of benzene rings is 5. The van der Waals surface area contributed by atoms with E-state index in [0.717, 1.165) is 6.54 Å². The van der Waals surface area contributed by atoms with Crippen molar-refractivity contribution in [2.24, 2.45) is 0 Å². The van der Waals surface area contributed by atoms with E-state index in [2.05, 4.69) is 44.2 Å². The average Bonchev–Trinajstić information content (AvgIpc) is 3.10. The van der Waals surface area contributed by atoms with E-state index in [1.807, 2.05) is 0 Å². The molecule has 14 heteroatoms. The Morgan fingerprint density at radius 3 is 0.925 bits per heavy atom. The highest BCUT2D eigenvalue weighted by atomic mass is 19.2. The first-order valence-corrected chi connectivity index (χ1v) is 16.5. The van der Waals surface area contributed by atoms with E-state index in [1.165, 1.54) is 18.7 Å². The van der Waals surface area contributed by atoms with Gasteiger partial charge in [0.2, 0.25) is 0 Å². The van der Waals surface area contributed by atoms with Gasteiger partial charge < -0.3 is 4.90 Å². The summed E-state index contributed by atoms with van der Waals surface area (Å²) in [5.41, 5.74) is -8.46. The minimum absolute atomic E-state index is 0.123. The number of hydrogen-bond acceptors (Lipinski definition) is 0. The van der Waals surface area contributed by atoms with Crippen LogP contribution in [0.4, 0.5) is 52.7 Å². The van der Waals surface area contributed by atoms with Crippen LogP contribution in [-0.2, 0) is 6.54 Å². The molecule has 0 aromatic heterocycles. The molecule has 5 rings (SSSR count). The van der Waals surface area contributed by atoms with Crippen LogP contribution in [0.3, 0.4) is 0 Å². The molecule has 0 aliphatic carbocycles. The van der Waals surface area contributed by atoms with E-state index in [9.17, 15) is 17.6 Å². The molecule has 0 spiro atoms. The lowest BCUT2D eigenvalue weighted by Gasteiger charge is -2.48. The van der Waals surface area contributed by atoms with E-state index >= 15 is 35.1 Å². The summed E-state index contributed by atoms with van der Waals surface area (Å²) in [5, 5.41) is 0. The Hall–Kier alpha value is -4.72. The lowest BCUT2D eigenvalue weighted by Crippen LogP contribution is -3.10. The third kappa shape index (κ3) is 7.30. The molecule has 5 aromatic carbocycles. The summed E-state index contributed by atoms with van der Waals surface area (Å²) in [6.45, 7) is 10.7. The largest absolute Gasteiger partial charge is 0.332 e. The molecule has 53 heavy (non-hydrogen) atoms. The van der Waals surface area contributed by atoms with E-state index in [1.54, 1.807) is 4.90 Å². The second-order valence-corrected chi connectivity index (χ2v) is 12.8. The summed E-state index contributed by atoms with van der Waals surface area (Å²) >= 11 is 0. The Kier molecular flexibility index (Phi) is 12.5. The van der Waals surface area contributed by atoms with Crippen molar-refractivity contribution in [3.63, 3.8) is 0 Å². The van der Waals surface area contributed by atoms with Crippen molar-refractivity contribution in [2.45, 2.75) is 48.1 Å². The zero-order valence-electron chi connectivity index (χ0n) is 29.4. The maximum atomic E-state index is 15.9. The molecule has 0 aliphatic rings. The summed E-state index contributed by atoms with van der Waals surface area (Å²) in [5.74, 6) is -22.3. The maximum absolute atomic E-state index is 15.9. The van der Waals surface area contributed by atoms with Gasteiger partial charge in [0.25, 0.3) is 0 Å². The molecule has 0 radical (unpaired) electrons. The van der Waals surface area contributed by atoms with Crippen molar-refractivity contribution in [1.82, 2.24) is 0 Å². The van der Waals surface area contributed by atoms with E-state index in [0.29, 0.717) is 27.7 Å². The molecule has 1 N–H and O–H groups in total. The number of rotatable bonds is 8. The number of quaternary nitrogens is 1. The van der Waals surface area contributed by atoms with Crippen molar-refractivity contribution < 1.29 is 57.6 Å². The van der Waals surface area contributed by atoms with E-state index in [4.69, 9.17) is 0 Å². The molecule has 0 heterocycles. The Labute approximate surface area is 298 Å². The first-order valence-electron chi connectivity index (χ1n) is 16.5. The maximum Gasteiger partial charge on any atom is 0.161 e. The minimum atomic E-state index is -4.68. The van der Waals surface area contributed by atoms with Crippen molar-refractivity contribution in [2.75, 3.05) is 13.1 Å². The lowest BCUT2D eigenvalue weighted by atomic mass is 9.11. The zero-order chi connectivity index (χ0) is 39.7. The Morgan fingerprint density at radius 1 is 0.415 bits per heavy atom. The monoisotopic (exact) mass is 755 g/mol. The van der Waals surface area contributed by atoms with Crippen molar-refractivity contribution in [1.29, 1.82) is 0 Å². The fourth-order valence-electron chi connectivity index (χ4n) is 7.29. The molecule has 0 unspecified atom stereocenters. The van der Waals surface area contributed by atoms with Gasteiger partial charge >= 0.3 is 0 Å². The third-order valence-corrected chi connectivity index (χ3v) is 9.84. The molecular formula is C39H34BF12N. The highest BCUT2D eigenvalue weighted by Crippen LogP contribution is 2.28. The average molecular weight is 755 g/mol. The SMILES string of the molecule is CC[NH+](CC)Cc1ccccc1.Cc1c(F)c(F)cc(F)c1[B-](c1c(F)cc(F)c(F)c1C)(c1c(F)cc(F)c(F)c1C)c1c(F)cc(F)c(F)c1C. The normalized spacial score (nSPS) is 11.6. The summed E-state index contributed by atoms with van der Waals surface area (Å²) in [7, 11) is 0. The van der Waals surface area contributed by atoms with Crippen LogP contribution in [0.2, 0.25) is 0 Å². The Morgan fingerprint density at radius 2 is 0.679 bits per heavy atom. The molecule has 5 aromatic rings. The molecule has 0 aliphatic heterocycles. The van der Waals surface area contributed by atoms with Gasteiger partial charge in [0.1, 0.15) is 12.7 Å². The molecule has 1 nitrogen and oxygen atoms in total. The first-order chi connectivity index (χ1) is 24.9. The van der Waals surface area contributed by atoms with Gasteiger partial charge in [-0.25, -0.2) is 52.7 Å². The predicted octanol–water partition coefficient (Wildman–Crippen LogP) is 7.08. The van der Waals surface area contributed by atoms with Crippen LogP contribution in [0.25, 0.3) is 0 Å². The third-order valence-electron chi connectivity index (χ3n) is 9.84. The van der Waals surface area contributed by atoms with Gasteiger partial charge in [-0.2, -0.15) is 21.9 Å². The van der Waals surface area contributed by atoms with Crippen LogP contribution in [0.5, 0.6) is 0 Å². The Balaban J connectivity index is 0.000000443. The molecule has 0 saturated carbocycles. The smallest absolute Gasteiger partial charge is 0.161 e. The zero-order valence-corrected chi connectivity index (χ0v) is 29.4. The quantitative estimate of drug-likeness (QED) is 0.0983. The summed E-state index contributed by atoms with van der Waals surface area (Å²) < 4.78 is 181. The molecule has 0 fully saturated rings. The van der Waals surface area contributed by atoms with Crippen LogP contribution >= 0.6 is 0 Å². The van der Waals surface area contributed by atoms with Gasteiger partial charge in [-0.1, -0.05) is 30.3 Å². The van der Waals surface area contributed by atoms with Crippen molar-refractivity contribution in [3.8, 4) is 0 Å². The summed E-state index contributed by atoms with van der Waals surface area (Å²) in [6.07, 6.45) is -4.68. The van der Waals surface area contributed by atoms with Crippen LogP contribution in [0.15, 0.2) is 54.6 Å². The van der Waals surface area contributed by atoms with Crippen LogP contribution in [-0.4, -0.2) is 19.2 Å². The molecule has 0 saturated heterocycles. The second kappa shape index (κ2) is 16.1. The Bertz CT molecular complexity index is 1910. The van der Waals surface area contributed by atoms with Crippen molar-refractivity contribution in [3.05, 3.63) is 152 Å². The fraction of sp³-hybridized carbons (Fsp3) is 0.231. The lowest BCUT2D eigenvalue weighted by molar-refractivity contribution is -0.910. The number of halogens is 12. The number of nitrogens with one attached hydrogen (secondary N) is 1. The van der Waals surface area contributed by atoms with Crippen LogP contribution in [0, 0.1) is 97.5 Å². The standard InChI is InChI=1S/C28H16BF12.C11H17N/c1-9-21(13(30)5-17(34)25(9)38)29(22-10(2)26(39)18(35)6-14(22)31,23-11(3)27(40)19(36)7-15(23)32)24-12(4)28(41)20(37)8-16(24)33;1-3-12(4-2)10-11-8-6-5-7-9-11/h5-8H,1-4H3;5-9H,3-4,10H2,1-2H3/q-1;/p+1. The molecule has 0 atom stereocenters.